The van der Waals surface area contributed by atoms with Gasteiger partial charge in [-0.15, -0.1) is 0 Å². The first-order valence-corrected chi connectivity index (χ1v) is 7.44. The van der Waals surface area contributed by atoms with Crippen molar-refractivity contribution in [2.75, 3.05) is 32.4 Å². The van der Waals surface area contributed by atoms with Gasteiger partial charge in [0, 0.05) is 36.4 Å². The van der Waals surface area contributed by atoms with E-state index in [9.17, 15) is 0 Å². The zero-order valence-corrected chi connectivity index (χ0v) is 12.7. The Labute approximate surface area is 121 Å². The van der Waals surface area contributed by atoms with Crippen molar-refractivity contribution in [1.29, 1.82) is 0 Å². The highest BCUT2D eigenvalue weighted by Crippen LogP contribution is 2.21. The summed E-state index contributed by atoms with van der Waals surface area (Å²) in [4.78, 5) is 5.00. The summed E-state index contributed by atoms with van der Waals surface area (Å²) in [6.07, 6.45) is 2.41. The summed E-state index contributed by atoms with van der Waals surface area (Å²) in [7, 11) is 2.21. The van der Waals surface area contributed by atoms with Gasteiger partial charge in [0.15, 0.2) is 0 Å². The van der Waals surface area contributed by atoms with Crippen LogP contribution < -0.4 is 5.73 Å². The molecule has 1 aliphatic heterocycles. The highest BCUT2D eigenvalue weighted by Gasteiger charge is 2.21. The first-order chi connectivity index (χ1) is 9.08. The molecule has 2 rings (SSSR count). The van der Waals surface area contributed by atoms with E-state index in [2.05, 4.69) is 23.8 Å². The summed E-state index contributed by atoms with van der Waals surface area (Å²) >= 11 is 6.09. The number of anilines is 1. The molecule has 0 spiro atoms. The molecule has 0 amide bonds. The standard InChI is InChI=1S/C15H24ClN3/c1-3-15-11-18(2)5-4-6-19(15)10-12-7-13(16)9-14(17)8-12/h7-9,15H,3-6,10-11,17H2,1-2H3. The SMILES string of the molecule is CCC1CN(C)CCCN1Cc1cc(N)cc(Cl)c1. The monoisotopic (exact) mass is 281 g/mol. The Morgan fingerprint density at radius 1 is 1.32 bits per heavy atom. The highest BCUT2D eigenvalue weighted by atomic mass is 35.5. The minimum absolute atomic E-state index is 0.618. The van der Waals surface area contributed by atoms with E-state index in [1.807, 2.05) is 12.1 Å². The van der Waals surface area contributed by atoms with Crippen LogP contribution in [-0.4, -0.2) is 42.5 Å². The minimum Gasteiger partial charge on any atom is -0.399 e. The Balaban J connectivity index is 2.10. The maximum absolute atomic E-state index is 6.09. The van der Waals surface area contributed by atoms with Gasteiger partial charge in [-0.3, -0.25) is 4.90 Å². The molecule has 1 aromatic carbocycles. The molecule has 0 bridgehead atoms. The first kappa shape index (κ1) is 14.6. The Bertz CT molecular complexity index is 402. The zero-order valence-electron chi connectivity index (χ0n) is 11.9. The topological polar surface area (TPSA) is 32.5 Å². The molecule has 0 radical (unpaired) electrons. The minimum atomic E-state index is 0.618. The van der Waals surface area contributed by atoms with Crippen LogP contribution in [0.25, 0.3) is 0 Å². The van der Waals surface area contributed by atoms with E-state index in [0.29, 0.717) is 6.04 Å². The summed E-state index contributed by atoms with van der Waals surface area (Å²) < 4.78 is 0. The number of benzene rings is 1. The molecule has 2 N–H and O–H groups in total. The van der Waals surface area contributed by atoms with E-state index in [1.54, 1.807) is 6.07 Å². The van der Waals surface area contributed by atoms with Crippen molar-refractivity contribution in [3.05, 3.63) is 28.8 Å². The van der Waals surface area contributed by atoms with Crippen LogP contribution in [0.5, 0.6) is 0 Å². The van der Waals surface area contributed by atoms with Crippen LogP contribution in [-0.2, 0) is 6.54 Å². The van der Waals surface area contributed by atoms with Crippen molar-refractivity contribution in [3.63, 3.8) is 0 Å². The number of likely N-dealkylation sites (N-methyl/N-ethyl adjacent to an activating group) is 1. The third kappa shape index (κ3) is 4.10. The van der Waals surface area contributed by atoms with E-state index < -0.39 is 0 Å². The van der Waals surface area contributed by atoms with Crippen LogP contribution in [0, 0.1) is 0 Å². The Morgan fingerprint density at radius 2 is 2.11 bits per heavy atom. The number of nitrogens with two attached hydrogens (primary N) is 1. The molecular formula is C15H24ClN3. The van der Waals surface area contributed by atoms with E-state index in [0.717, 1.165) is 30.3 Å². The lowest BCUT2D eigenvalue weighted by atomic mass is 10.1. The fraction of sp³-hybridized carbons (Fsp3) is 0.600. The Hall–Kier alpha value is -0.770. The highest BCUT2D eigenvalue weighted by molar-refractivity contribution is 6.30. The molecule has 1 saturated heterocycles. The molecule has 0 saturated carbocycles. The van der Waals surface area contributed by atoms with Crippen molar-refractivity contribution < 1.29 is 0 Å². The van der Waals surface area contributed by atoms with Crippen molar-refractivity contribution in [2.24, 2.45) is 0 Å². The molecule has 3 nitrogen and oxygen atoms in total. The summed E-state index contributed by atoms with van der Waals surface area (Å²) in [6.45, 7) is 6.69. The molecule has 0 aromatic heterocycles. The second-order valence-corrected chi connectivity index (χ2v) is 5.98. The Kier molecular flexibility index (Phi) is 5.08. The van der Waals surface area contributed by atoms with Crippen LogP contribution >= 0.6 is 11.6 Å². The van der Waals surface area contributed by atoms with Crippen molar-refractivity contribution in [3.8, 4) is 0 Å². The van der Waals surface area contributed by atoms with Crippen LogP contribution in [0.3, 0.4) is 0 Å². The van der Waals surface area contributed by atoms with Gasteiger partial charge in [0.25, 0.3) is 0 Å². The molecule has 1 aromatic rings. The van der Waals surface area contributed by atoms with Crippen LogP contribution in [0.15, 0.2) is 18.2 Å². The van der Waals surface area contributed by atoms with E-state index >= 15 is 0 Å². The van der Waals surface area contributed by atoms with Gasteiger partial charge in [0.1, 0.15) is 0 Å². The van der Waals surface area contributed by atoms with E-state index in [-0.39, 0.29) is 0 Å². The lowest BCUT2D eigenvalue weighted by Crippen LogP contribution is -2.39. The predicted molar refractivity (Wildman–Crippen MR) is 82.5 cm³/mol. The molecule has 0 aliphatic carbocycles. The van der Waals surface area contributed by atoms with Crippen molar-refractivity contribution in [1.82, 2.24) is 9.80 Å². The number of halogens is 1. The molecule has 19 heavy (non-hydrogen) atoms. The molecular weight excluding hydrogens is 258 g/mol. The van der Waals surface area contributed by atoms with Gasteiger partial charge < -0.3 is 10.6 Å². The quantitative estimate of drug-likeness (QED) is 0.865. The van der Waals surface area contributed by atoms with Gasteiger partial charge >= 0.3 is 0 Å². The maximum Gasteiger partial charge on any atom is 0.0429 e. The summed E-state index contributed by atoms with van der Waals surface area (Å²) in [5, 5.41) is 0.731. The average Bonchev–Trinajstić information content (AvgIpc) is 2.50. The van der Waals surface area contributed by atoms with Crippen molar-refractivity contribution in [2.45, 2.75) is 32.4 Å². The number of rotatable bonds is 3. The first-order valence-electron chi connectivity index (χ1n) is 7.06. The third-order valence-corrected chi connectivity index (χ3v) is 4.08. The normalized spacial score (nSPS) is 22.4. The lowest BCUT2D eigenvalue weighted by molar-refractivity contribution is 0.176. The van der Waals surface area contributed by atoms with Crippen LogP contribution in [0.1, 0.15) is 25.3 Å². The molecule has 1 unspecified atom stereocenters. The fourth-order valence-corrected chi connectivity index (χ4v) is 3.16. The van der Waals surface area contributed by atoms with Gasteiger partial charge in [-0.05, 0) is 50.2 Å². The predicted octanol–water partition coefficient (Wildman–Crippen LogP) is 2.84. The molecule has 1 fully saturated rings. The second-order valence-electron chi connectivity index (χ2n) is 5.54. The van der Waals surface area contributed by atoms with Crippen molar-refractivity contribution >= 4 is 17.3 Å². The summed E-state index contributed by atoms with van der Waals surface area (Å²) in [5.41, 5.74) is 7.84. The Morgan fingerprint density at radius 3 is 2.79 bits per heavy atom. The second kappa shape index (κ2) is 6.60. The fourth-order valence-electron chi connectivity index (χ4n) is 2.89. The molecule has 106 valence electrons. The van der Waals surface area contributed by atoms with Gasteiger partial charge in [-0.25, -0.2) is 0 Å². The molecule has 1 aliphatic rings. The lowest BCUT2D eigenvalue weighted by Gasteiger charge is -2.30. The summed E-state index contributed by atoms with van der Waals surface area (Å²) in [6, 6.07) is 6.48. The number of nitrogen functional groups attached to an aromatic ring is 1. The average molecular weight is 282 g/mol. The molecule has 4 heteroatoms. The summed E-state index contributed by atoms with van der Waals surface area (Å²) in [5.74, 6) is 0. The van der Waals surface area contributed by atoms with Gasteiger partial charge in [-0.1, -0.05) is 18.5 Å². The van der Waals surface area contributed by atoms with Gasteiger partial charge in [-0.2, -0.15) is 0 Å². The number of nitrogens with zero attached hydrogens (tertiary/aromatic N) is 2. The smallest absolute Gasteiger partial charge is 0.0429 e. The molecule has 1 heterocycles. The van der Waals surface area contributed by atoms with Crippen LogP contribution in [0.4, 0.5) is 5.69 Å². The van der Waals surface area contributed by atoms with E-state index in [1.165, 1.54) is 24.9 Å². The maximum atomic E-state index is 6.09. The van der Waals surface area contributed by atoms with E-state index in [4.69, 9.17) is 17.3 Å². The zero-order chi connectivity index (χ0) is 13.8. The third-order valence-electron chi connectivity index (χ3n) is 3.86. The molecule has 1 atom stereocenters. The van der Waals surface area contributed by atoms with Crippen LogP contribution in [0.2, 0.25) is 5.02 Å². The number of hydrogen-bond donors (Lipinski definition) is 1. The van der Waals surface area contributed by atoms with Gasteiger partial charge in [0.05, 0.1) is 0 Å². The largest absolute Gasteiger partial charge is 0.399 e. The number of hydrogen-bond acceptors (Lipinski definition) is 3. The van der Waals surface area contributed by atoms with Gasteiger partial charge in [0.2, 0.25) is 0 Å².